The summed E-state index contributed by atoms with van der Waals surface area (Å²) in [5, 5.41) is 9.38. The van der Waals surface area contributed by atoms with Crippen LogP contribution < -0.4 is 5.32 Å². The lowest BCUT2D eigenvalue weighted by Crippen LogP contribution is -2.29. The Morgan fingerprint density at radius 3 is 2.70 bits per heavy atom. The van der Waals surface area contributed by atoms with Crippen LogP contribution in [0.1, 0.15) is 60.3 Å². The van der Waals surface area contributed by atoms with Crippen LogP contribution in [0.2, 0.25) is 0 Å². The van der Waals surface area contributed by atoms with Crippen LogP contribution in [0.5, 0.6) is 0 Å². The molecular formula is C16H22N2S2. The minimum atomic E-state index is 0.327. The number of aryl methyl sites for hydroxylation is 1. The lowest BCUT2D eigenvalue weighted by Gasteiger charge is -2.27. The average molecular weight is 306 g/mol. The molecule has 0 spiro atoms. The van der Waals surface area contributed by atoms with Crippen molar-refractivity contribution < 1.29 is 0 Å². The highest BCUT2D eigenvalue weighted by Crippen LogP contribution is 2.38. The van der Waals surface area contributed by atoms with E-state index in [0.717, 1.165) is 10.9 Å². The molecule has 2 aromatic heterocycles. The summed E-state index contributed by atoms with van der Waals surface area (Å²) in [6.07, 6.45) is 5.49. The van der Waals surface area contributed by atoms with Crippen molar-refractivity contribution in [3.63, 3.8) is 0 Å². The Labute approximate surface area is 129 Å². The summed E-state index contributed by atoms with van der Waals surface area (Å²) >= 11 is 3.62. The largest absolute Gasteiger partial charge is 0.301 e. The fourth-order valence-corrected chi connectivity index (χ4v) is 4.73. The third-order valence-electron chi connectivity index (χ3n) is 4.23. The van der Waals surface area contributed by atoms with Crippen LogP contribution in [-0.4, -0.2) is 4.98 Å². The summed E-state index contributed by atoms with van der Waals surface area (Å²) in [5.41, 5.74) is 1.19. The molecule has 108 valence electrons. The van der Waals surface area contributed by atoms with Gasteiger partial charge in [0.15, 0.2) is 0 Å². The van der Waals surface area contributed by atoms with Gasteiger partial charge in [0.2, 0.25) is 0 Å². The monoisotopic (exact) mass is 306 g/mol. The van der Waals surface area contributed by atoms with Gasteiger partial charge in [-0.15, -0.1) is 22.7 Å². The van der Waals surface area contributed by atoms with Gasteiger partial charge in [-0.2, -0.15) is 0 Å². The van der Waals surface area contributed by atoms with E-state index in [-0.39, 0.29) is 0 Å². The van der Waals surface area contributed by atoms with Crippen molar-refractivity contribution in [2.24, 2.45) is 5.92 Å². The molecule has 20 heavy (non-hydrogen) atoms. The van der Waals surface area contributed by atoms with Crippen molar-refractivity contribution in [3.8, 4) is 0 Å². The van der Waals surface area contributed by atoms with Gasteiger partial charge in [-0.1, -0.05) is 18.9 Å². The van der Waals surface area contributed by atoms with Gasteiger partial charge in [-0.25, -0.2) is 4.98 Å². The van der Waals surface area contributed by atoms with E-state index < -0.39 is 0 Å². The molecule has 1 saturated carbocycles. The first-order chi connectivity index (χ1) is 9.74. The highest BCUT2D eigenvalue weighted by Gasteiger charge is 2.28. The van der Waals surface area contributed by atoms with Gasteiger partial charge in [0, 0.05) is 22.3 Å². The van der Waals surface area contributed by atoms with Crippen molar-refractivity contribution in [1.82, 2.24) is 10.3 Å². The summed E-state index contributed by atoms with van der Waals surface area (Å²) < 4.78 is 0. The van der Waals surface area contributed by atoms with Crippen molar-refractivity contribution in [1.29, 1.82) is 0 Å². The molecule has 0 bridgehead atoms. The molecule has 2 aromatic rings. The summed E-state index contributed by atoms with van der Waals surface area (Å²) in [5.74, 6) is 0.788. The van der Waals surface area contributed by atoms with Crippen molar-refractivity contribution in [2.75, 3.05) is 0 Å². The van der Waals surface area contributed by atoms with E-state index in [1.807, 2.05) is 11.3 Å². The van der Waals surface area contributed by atoms with E-state index in [4.69, 9.17) is 0 Å². The SMILES string of the molecule is Cc1nc(C(C)NC(c2cccs2)C2CCCC2)cs1. The van der Waals surface area contributed by atoms with Gasteiger partial charge in [0.1, 0.15) is 0 Å². The number of rotatable bonds is 5. The van der Waals surface area contributed by atoms with Crippen LogP contribution in [-0.2, 0) is 0 Å². The molecule has 0 aliphatic heterocycles. The van der Waals surface area contributed by atoms with E-state index in [1.54, 1.807) is 11.3 Å². The summed E-state index contributed by atoms with van der Waals surface area (Å²) in [7, 11) is 0. The first-order valence-electron chi connectivity index (χ1n) is 7.45. The molecule has 0 saturated heterocycles. The number of nitrogens with zero attached hydrogens (tertiary/aromatic N) is 1. The molecule has 0 aromatic carbocycles. The normalized spacial score (nSPS) is 19.3. The molecule has 1 N–H and O–H groups in total. The maximum atomic E-state index is 4.63. The van der Waals surface area contributed by atoms with Gasteiger partial charge in [-0.3, -0.25) is 0 Å². The number of hydrogen-bond acceptors (Lipinski definition) is 4. The summed E-state index contributed by atoms with van der Waals surface area (Å²) in [6.45, 7) is 4.32. The summed E-state index contributed by atoms with van der Waals surface area (Å²) in [6, 6.07) is 5.27. The Balaban J connectivity index is 1.76. The zero-order valence-corrected chi connectivity index (χ0v) is 13.8. The Morgan fingerprint density at radius 2 is 2.10 bits per heavy atom. The van der Waals surface area contributed by atoms with Crippen LogP contribution >= 0.6 is 22.7 Å². The zero-order valence-electron chi connectivity index (χ0n) is 12.1. The van der Waals surface area contributed by atoms with E-state index in [9.17, 15) is 0 Å². The highest BCUT2D eigenvalue weighted by molar-refractivity contribution is 7.10. The van der Waals surface area contributed by atoms with Crippen LogP contribution in [0.15, 0.2) is 22.9 Å². The standard InChI is InChI=1S/C16H22N2S2/c1-11(14-10-20-12(2)18-14)17-16(13-6-3-4-7-13)15-8-5-9-19-15/h5,8-11,13,16-17H,3-4,6-7H2,1-2H3. The Kier molecular flexibility index (Phi) is 4.54. The Morgan fingerprint density at radius 1 is 1.30 bits per heavy atom. The minimum absolute atomic E-state index is 0.327. The molecule has 2 atom stereocenters. The van der Waals surface area contributed by atoms with Crippen molar-refractivity contribution in [2.45, 2.75) is 51.6 Å². The van der Waals surface area contributed by atoms with E-state index in [2.05, 4.69) is 47.0 Å². The van der Waals surface area contributed by atoms with Gasteiger partial charge >= 0.3 is 0 Å². The fraction of sp³-hybridized carbons (Fsp3) is 0.562. The van der Waals surface area contributed by atoms with Crippen molar-refractivity contribution >= 4 is 22.7 Å². The number of aromatic nitrogens is 1. The molecule has 0 amide bonds. The molecule has 2 heterocycles. The van der Waals surface area contributed by atoms with Crippen molar-refractivity contribution in [3.05, 3.63) is 38.5 Å². The molecular weight excluding hydrogens is 284 g/mol. The van der Waals surface area contributed by atoms with E-state index >= 15 is 0 Å². The third kappa shape index (κ3) is 3.13. The second-order valence-corrected chi connectivity index (χ2v) is 7.76. The number of hydrogen-bond donors (Lipinski definition) is 1. The molecule has 2 unspecified atom stereocenters. The number of thiophene rings is 1. The summed E-state index contributed by atoms with van der Waals surface area (Å²) in [4.78, 5) is 6.11. The maximum Gasteiger partial charge on any atom is 0.0898 e. The van der Waals surface area contributed by atoms with Gasteiger partial charge in [0.25, 0.3) is 0 Å². The maximum absolute atomic E-state index is 4.63. The Bertz CT molecular complexity index is 526. The predicted octanol–water partition coefficient (Wildman–Crippen LogP) is 5.10. The minimum Gasteiger partial charge on any atom is -0.301 e. The van der Waals surface area contributed by atoms with E-state index in [1.165, 1.54) is 36.3 Å². The molecule has 1 fully saturated rings. The van der Waals surface area contributed by atoms with Gasteiger partial charge in [0.05, 0.1) is 10.7 Å². The topological polar surface area (TPSA) is 24.9 Å². The second kappa shape index (κ2) is 6.37. The van der Waals surface area contributed by atoms with Crippen LogP contribution in [0.4, 0.5) is 0 Å². The van der Waals surface area contributed by atoms with Gasteiger partial charge < -0.3 is 5.32 Å². The van der Waals surface area contributed by atoms with Gasteiger partial charge in [-0.05, 0) is 44.1 Å². The first-order valence-corrected chi connectivity index (χ1v) is 9.21. The molecule has 1 aliphatic rings. The molecule has 1 aliphatic carbocycles. The van der Waals surface area contributed by atoms with Crippen LogP contribution in [0.3, 0.4) is 0 Å². The smallest absolute Gasteiger partial charge is 0.0898 e. The number of thiazole rings is 1. The molecule has 2 nitrogen and oxygen atoms in total. The Hall–Kier alpha value is -0.710. The molecule has 0 radical (unpaired) electrons. The second-order valence-electron chi connectivity index (χ2n) is 5.72. The fourth-order valence-electron chi connectivity index (χ4n) is 3.14. The quantitative estimate of drug-likeness (QED) is 0.831. The molecule has 3 rings (SSSR count). The third-order valence-corrected chi connectivity index (χ3v) is 5.98. The highest BCUT2D eigenvalue weighted by atomic mass is 32.1. The average Bonchev–Trinajstić information content (AvgIpc) is 3.17. The first kappa shape index (κ1) is 14.2. The zero-order chi connectivity index (χ0) is 13.9. The van der Waals surface area contributed by atoms with Crippen LogP contribution in [0, 0.1) is 12.8 Å². The van der Waals surface area contributed by atoms with E-state index in [0.29, 0.717) is 12.1 Å². The lowest BCUT2D eigenvalue weighted by molar-refractivity contribution is 0.341. The number of nitrogens with one attached hydrogen (secondary N) is 1. The lowest BCUT2D eigenvalue weighted by atomic mass is 9.95. The van der Waals surface area contributed by atoms with Crippen LogP contribution in [0.25, 0.3) is 0 Å². The predicted molar refractivity (Wildman–Crippen MR) is 87.4 cm³/mol. The molecule has 4 heteroatoms.